The Labute approximate surface area is 188 Å². The third kappa shape index (κ3) is 3.96. The van der Waals surface area contributed by atoms with E-state index < -0.39 is 0 Å². The summed E-state index contributed by atoms with van der Waals surface area (Å²) in [5.41, 5.74) is 3.13. The Morgan fingerprint density at radius 1 is 0.968 bits per heavy atom. The van der Waals surface area contributed by atoms with Gasteiger partial charge in [-0.05, 0) is 121 Å². The average Bonchev–Trinajstić information content (AvgIpc) is 2.78. The van der Waals surface area contributed by atoms with Crippen LogP contribution in [0.3, 0.4) is 0 Å². The first kappa shape index (κ1) is 20.5. The zero-order valence-corrected chi connectivity index (χ0v) is 19.0. The molecule has 31 heavy (non-hydrogen) atoms. The van der Waals surface area contributed by atoms with Crippen molar-refractivity contribution in [2.45, 2.75) is 48.8 Å². The summed E-state index contributed by atoms with van der Waals surface area (Å²) >= 11 is 1.56. The van der Waals surface area contributed by atoms with Crippen LogP contribution in [0.4, 0.5) is 0 Å². The lowest BCUT2D eigenvalue weighted by atomic mass is 9.48. The standard InChI is InChI=1S/C27H28O3S/c1-29-25-8-7-23(31-10-9-18-3-5-22(6-4-18)26(28)30-2)14-24(25)27-15-19-11-20(16-27)13-21(12-19)17-27/h3-8,14,19-21H,11-13,15-17H2,1-2H3. The number of rotatable bonds is 4. The molecule has 4 saturated carbocycles. The summed E-state index contributed by atoms with van der Waals surface area (Å²) in [6.45, 7) is 0. The summed E-state index contributed by atoms with van der Waals surface area (Å²) in [4.78, 5) is 12.7. The maximum absolute atomic E-state index is 11.6. The summed E-state index contributed by atoms with van der Waals surface area (Å²) < 4.78 is 10.6. The van der Waals surface area contributed by atoms with Crippen LogP contribution in [0.25, 0.3) is 0 Å². The number of carbonyl (C=O) groups is 1. The van der Waals surface area contributed by atoms with E-state index in [-0.39, 0.29) is 5.97 Å². The Morgan fingerprint density at radius 3 is 2.19 bits per heavy atom. The van der Waals surface area contributed by atoms with E-state index in [9.17, 15) is 4.79 Å². The van der Waals surface area contributed by atoms with Crippen molar-refractivity contribution < 1.29 is 14.3 Å². The second kappa shape index (κ2) is 8.28. The summed E-state index contributed by atoms with van der Waals surface area (Å²) in [7, 11) is 3.18. The van der Waals surface area contributed by atoms with Gasteiger partial charge in [0, 0.05) is 16.0 Å². The van der Waals surface area contributed by atoms with Crippen molar-refractivity contribution in [3.05, 3.63) is 59.2 Å². The Kier molecular flexibility index (Phi) is 5.48. The fourth-order valence-corrected chi connectivity index (χ4v) is 7.16. The molecule has 0 unspecified atom stereocenters. The van der Waals surface area contributed by atoms with Gasteiger partial charge in [0.05, 0.1) is 19.8 Å². The third-order valence-electron chi connectivity index (χ3n) is 7.45. The number of hydrogen-bond acceptors (Lipinski definition) is 4. The second-order valence-electron chi connectivity index (χ2n) is 9.46. The first-order valence-corrected chi connectivity index (χ1v) is 11.9. The predicted octanol–water partition coefficient (Wildman–Crippen LogP) is 6.05. The zero-order valence-electron chi connectivity index (χ0n) is 18.1. The van der Waals surface area contributed by atoms with E-state index in [1.165, 1.54) is 56.1 Å². The molecule has 0 saturated heterocycles. The van der Waals surface area contributed by atoms with Gasteiger partial charge in [0.15, 0.2) is 0 Å². The van der Waals surface area contributed by atoms with Crippen molar-refractivity contribution in [2.75, 3.05) is 14.2 Å². The molecule has 3 nitrogen and oxygen atoms in total. The molecule has 6 rings (SSSR count). The number of ether oxygens (including phenoxy) is 2. The largest absolute Gasteiger partial charge is 0.496 e. The van der Waals surface area contributed by atoms with Crippen molar-refractivity contribution >= 4 is 17.7 Å². The molecular weight excluding hydrogens is 404 g/mol. The van der Waals surface area contributed by atoms with Gasteiger partial charge in [-0.2, -0.15) is 0 Å². The van der Waals surface area contributed by atoms with Crippen molar-refractivity contribution in [1.82, 2.24) is 0 Å². The minimum absolute atomic E-state index is 0.299. The molecule has 0 heterocycles. The highest BCUT2D eigenvalue weighted by molar-refractivity contribution is 8.04. The number of thioether (sulfide) groups is 1. The SMILES string of the molecule is COC(=O)c1ccc(C#CSc2ccc(OC)c(C34CC5CC(CC(C5)C3)C4)c2)cc1. The monoisotopic (exact) mass is 432 g/mol. The van der Waals surface area contributed by atoms with Gasteiger partial charge < -0.3 is 9.47 Å². The molecule has 4 fully saturated rings. The number of benzene rings is 2. The van der Waals surface area contributed by atoms with Crippen molar-refractivity contribution in [2.24, 2.45) is 17.8 Å². The maximum Gasteiger partial charge on any atom is 0.337 e. The van der Waals surface area contributed by atoms with Crippen LogP contribution in [0.5, 0.6) is 5.75 Å². The van der Waals surface area contributed by atoms with Gasteiger partial charge in [-0.3, -0.25) is 0 Å². The molecule has 4 bridgehead atoms. The van der Waals surface area contributed by atoms with Crippen molar-refractivity contribution in [3.63, 3.8) is 0 Å². The molecule has 0 spiro atoms. The molecule has 4 aliphatic rings. The van der Waals surface area contributed by atoms with Crippen LogP contribution in [0.1, 0.15) is 60.0 Å². The molecule has 0 aliphatic heterocycles. The van der Waals surface area contributed by atoms with Crippen LogP contribution in [-0.2, 0) is 10.2 Å². The highest BCUT2D eigenvalue weighted by Crippen LogP contribution is 2.62. The number of carbonyl (C=O) groups excluding carboxylic acids is 1. The molecule has 2 aromatic rings. The van der Waals surface area contributed by atoms with Gasteiger partial charge in [-0.25, -0.2) is 4.79 Å². The Balaban J connectivity index is 1.36. The van der Waals surface area contributed by atoms with Crippen LogP contribution in [0.15, 0.2) is 47.4 Å². The lowest BCUT2D eigenvalue weighted by Gasteiger charge is -2.57. The number of methoxy groups -OCH3 is 2. The lowest BCUT2D eigenvalue weighted by molar-refractivity contribution is -0.00625. The third-order valence-corrected chi connectivity index (χ3v) is 8.14. The number of esters is 1. The summed E-state index contributed by atoms with van der Waals surface area (Å²) in [6, 6.07) is 13.8. The van der Waals surface area contributed by atoms with Gasteiger partial charge in [0.2, 0.25) is 0 Å². The molecule has 160 valence electrons. The molecule has 4 heteroatoms. The van der Waals surface area contributed by atoms with Crippen LogP contribution in [-0.4, -0.2) is 20.2 Å². The summed E-state index contributed by atoms with van der Waals surface area (Å²) in [5, 5.41) is 3.23. The summed E-state index contributed by atoms with van der Waals surface area (Å²) in [5.74, 6) is 6.61. The Morgan fingerprint density at radius 2 is 1.61 bits per heavy atom. The predicted molar refractivity (Wildman–Crippen MR) is 123 cm³/mol. The minimum atomic E-state index is -0.329. The van der Waals surface area contributed by atoms with E-state index in [0.717, 1.165) is 29.1 Å². The van der Waals surface area contributed by atoms with E-state index in [1.807, 2.05) is 12.1 Å². The quantitative estimate of drug-likeness (QED) is 0.335. The minimum Gasteiger partial charge on any atom is -0.496 e. The molecule has 0 amide bonds. The van der Waals surface area contributed by atoms with E-state index in [0.29, 0.717) is 11.0 Å². The van der Waals surface area contributed by atoms with Gasteiger partial charge in [0.25, 0.3) is 0 Å². The maximum atomic E-state index is 11.6. The van der Waals surface area contributed by atoms with Crippen molar-refractivity contribution in [3.8, 4) is 16.9 Å². The fourth-order valence-electron chi connectivity index (χ4n) is 6.56. The van der Waals surface area contributed by atoms with E-state index in [1.54, 1.807) is 31.0 Å². The van der Waals surface area contributed by atoms with E-state index in [2.05, 4.69) is 29.4 Å². The Hall–Kier alpha value is -2.38. The van der Waals surface area contributed by atoms with E-state index >= 15 is 0 Å². The van der Waals surface area contributed by atoms with Crippen LogP contribution < -0.4 is 4.74 Å². The first-order chi connectivity index (χ1) is 15.1. The van der Waals surface area contributed by atoms with Crippen LogP contribution >= 0.6 is 11.8 Å². The summed E-state index contributed by atoms with van der Waals surface area (Å²) in [6.07, 6.45) is 8.29. The average molecular weight is 433 g/mol. The molecule has 0 N–H and O–H groups in total. The van der Waals surface area contributed by atoms with Gasteiger partial charge in [-0.15, -0.1) is 0 Å². The topological polar surface area (TPSA) is 35.5 Å². The smallest absolute Gasteiger partial charge is 0.337 e. The molecule has 0 aromatic heterocycles. The van der Waals surface area contributed by atoms with Crippen LogP contribution in [0.2, 0.25) is 0 Å². The van der Waals surface area contributed by atoms with Gasteiger partial charge in [-0.1, -0.05) is 5.92 Å². The molecule has 0 atom stereocenters. The van der Waals surface area contributed by atoms with Crippen molar-refractivity contribution in [1.29, 1.82) is 0 Å². The van der Waals surface area contributed by atoms with E-state index in [4.69, 9.17) is 9.47 Å². The van der Waals surface area contributed by atoms with Gasteiger partial charge in [0.1, 0.15) is 5.75 Å². The lowest BCUT2D eigenvalue weighted by Crippen LogP contribution is -2.48. The van der Waals surface area contributed by atoms with Crippen LogP contribution in [0, 0.1) is 28.9 Å². The second-order valence-corrected chi connectivity index (χ2v) is 10.3. The molecular formula is C27H28O3S. The highest BCUT2D eigenvalue weighted by atomic mass is 32.2. The highest BCUT2D eigenvalue weighted by Gasteiger charge is 2.52. The first-order valence-electron chi connectivity index (χ1n) is 11.1. The molecule has 0 radical (unpaired) electrons. The molecule has 4 aliphatic carbocycles. The Bertz CT molecular complexity index is 1010. The fraction of sp³-hybridized carbons (Fsp3) is 0.444. The number of hydrogen-bond donors (Lipinski definition) is 0. The van der Waals surface area contributed by atoms with Gasteiger partial charge >= 0.3 is 5.97 Å². The zero-order chi connectivity index (χ0) is 21.4. The molecule has 2 aromatic carbocycles. The normalized spacial score (nSPS) is 28.0.